The molecule has 3 N–H and O–H groups in total. The van der Waals surface area contributed by atoms with Crippen LogP contribution in [0.15, 0.2) is 30.3 Å². The van der Waals surface area contributed by atoms with Crippen LogP contribution in [0, 0.1) is 24.2 Å². The van der Waals surface area contributed by atoms with Crippen molar-refractivity contribution in [2.24, 2.45) is 11.8 Å². The molecule has 7 nitrogen and oxygen atoms in total. The van der Waals surface area contributed by atoms with Gasteiger partial charge in [0.05, 0.1) is 6.04 Å². The lowest BCUT2D eigenvalue weighted by atomic mass is 9.99. The second-order valence-corrected chi connectivity index (χ2v) is 8.63. The molecule has 0 fully saturated rings. The van der Waals surface area contributed by atoms with Crippen molar-refractivity contribution >= 4 is 17.9 Å². The van der Waals surface area contributed by atoms with E-state index in [0.29, 0.717) is 12.8 Å². The van der Waals surface area contributed by atoms with Crippen LogP contribution in [0.25, 0.3) is 0 Å². The molecule has 176 valence electrons. The van der Waals surface area contributed by atoms with Crippen molar-refractivity contribution in [3.63, 3.8) is 0 Å². The Morgan fingerprint density at radius 1 is 1.00 bits per heavy atom. The summed E-state index contributed by atoms with van der Waals surface area (Å²) in [6.07, 6.45) is 6.76. The van der Waals surface area contributed by atoms with Gasteiger partial charge in [-0.1, -0.05) is 77.3 Å². The fourth-order valence-electron chi connectivity index (χ4n) is 3.15. The molecule has 0 saturated heterocycles. The zero-order valence-corrected chi connectivity index (χ0v) is 19.8. The molecule has 0 spiro atoms. The number of carbonyl (C=O) groups excluding carboxylic acids is 3. The van der Waals surface area contributed by atoms with E-state index in [-0.39, 0.29) is 30.4 Å². The minimum atomic E-state index is -0.847. The van der Waals surface area contributed by atoms with Gasteiger partial charge in [-0.15, -0.1) is 6.42 Å². The molecule has 1 aromatic carbocycles. The lowest BCUT2D eigenvalue weighted by molar-refractivity contribution is -0.131. The van der Waals surface area contributed by atoms with Crippen LogP contribution in [-0.2, 0) is 20.9 Å². The van der Waals surface area contributed by atoms with Crippen LogP contribution in [0.1, 0.15) is 59.4 Å². The summed E-state index contributed by atoms with van der Waals surface area (Å²) in [5.74, 6) is 1.77. The van der Waals surface area contributed by atoms with Gasteiger partial charge in [-0.2, -0.15) is 0 Å². The third-order valence-electron chi connectivity index (χ3n) is 4.87. The zero-order chi connectivity index (χ0) is 24.1. The van der Waals surface area contributed by atoms with Gasteiger partial charge in [0.15, 0.2) is 0 Å². The first-order chi connectivity index (χ1) is 15.2. The Balaban J connectivity index is 2.78. The lowest BCUT2D eigenvalue weighted by Gasteiger charge is -2.26. The second kappa shape index (κ2) is 14.1. The summed E-state index contributed by atoms with van der Waals surface area (Å²) in [7, 11) is 0. The Morgan fingerprint density at radius 2 is 1.66 bits per heavy atom. The normalized spacial score (nSPS) is 13.6. The molecular weight excluding hydrogens is 406 g/mol. The van der Waals surface area contributed by atoms with E-state index in [1.165, 1.54) is 0 Å². The maximum atomic E-state index is 13.0. The van der Waals surface area contributed by atoms with Gasteiger partial charge in [0.1, 0.15) is 18.7 Å². The molecule has 1 rings (SSSR count). The number of rotatable bonds is 12. The van der Waals surface area contributed by atoms with Crippen LogP contribution < -0.4 is 16.0 Å². The fourth-order valence-corrected chi connectivity index (χ4v) is 3.15. The summed E-state index contributed by atoms with van der Waals surface area (Å²) in [6.45, 7) is 9.65. The predicted molar refractivity (Wildman–Crippen MR) is 125 cm³/mol. The molecule has 32 heavy (non-hydrogen) atoms. The first kappa shape index (κ1) is 27.0. The van der Waals surface area contributed by atoms with Gasteiger partial charge >= 0.3 is 6.09 Å². The van der Waals surface area contributed by atoms with E-state index in [4.69, 9.17) is 11.2 Å². The molecule has 0 saturated carbocycles. The van der Waals surface area contributed by atoms with Crippen LogP contribution in [0.3, 0.4) is 0 Å². The molecule has 0 aliphatic heterocycles. The average molecular weight is 444 g/mol. The smallest absolute Gasteiger partial charge is 0.408 e. The number of amides is 3. The molecule has 0 aliphatic carbocycles. The van der Waals surface area contributed by atoms with Crippen LogP contribution in [0.2, 0.25) is 0 Å². The zero-order valence-electron chi connectivity index (χ0n) is 19.8. The Kier molecular flexibility index (Phi) is 11.9. The molecule has 0 radical (unpaired) electrons. The molecule has 0 unspecified atom stereocenters. The maximum Gasteiger partial charge on any atom is 0.408 e. The molecule has 0 aromatic heterocycles. The van der Waals surface area contributed by atoms with Gasteiger partial charge in [0.2, 0.25) is 11.8 Å². The van der Waals surface area contributed by atoms with Crippen LogP contribution in [-0.4, -0.2) is 36.0 Å². The van der Waals surface area contributed by atoms with Crippen molar-refractivity contribution in [3.05, 3.63) is 35.9 Å². The van der Waals surface area contributed by atoms with Crippen LogP contribution >= 0.6 is 0 Å². The maximum absolute atomic E-state index is 13.0. The van der Waals surface area contributed by atoms with Gasteiger partial charge in [-0.05, 0) is 30.2 Å². The van der Waals surface area contributed by atoms with Crippen molar-refractivity contribution in [1.82, 2.24) is 16.0 Å². The van der Waals surface area contributed by atoms with E-state index >= 15 is 0 Å². The largest absolute Gasteiger partial charge is 0.445 e. The predicted octanol–water partition coefficient (Wildman–Crippen LogP) is 3.39. The minimum absolute atomic E-state index is 0.0996. The highest BCUT2D eigenvalue weighted by atomic mass is 16.5. The number of carbonyl (C=O) groups is 3. The molecule has 7 heteroatoms. The van der Waals surface area contributed by atoms with Gasteiger partial charge in [-0.3, -0.25) is 9.59 Å². The summed E-state index contributed by atoms with van der Waals surface area (Å²) in [5, 5.41) is 8.23. The number of alkyl carbamates (subject to hydrolysis) is 1. The van der Waals surface area contributed by atoms with E-state index in [1.54, 1.807) is 0 Å². The first-order valence-corrected chi connectivity index (χ1v) is 11.2. The van der Waals surface area contributed by atoms with E-state index < -0.39 is 24.1 Å². The van der Waals surface area contributed by atoms with Crippen molar-refractivity contribution in [2.45, 2.75) is 78.6 Å². The molecule has 3 atom stereocenters. The summed E-state index contributed by atoms with van der Waals surface area (Å²) < 4.78 is 5.24. The van der Waals surface area contributed by atoms with Gasteiger partial charge < -0.3 is 20.7 Å². The SMILES string of the molecule is C#C[C@H](CCC)NC(=O)[C@H](CC(C)C)NC(=O)[C@@H](NC(=O)OCc1ccccc1)C(C)C. The summed E-state index contributed by atoms with van der Waals surface area (Å²) in [4.78, 5) is 38.0. The topological polar surface area (TPSA) is 96.5 Å². The molecule has 0 bridgehead atoms. The fraction of sp³-hybridized carbons (Fsp3) is 0.560. The molecule has 3 amide bonds. The lowest BCUT2D eigenvalue weighted by Crippen LogP contribution is -2.56. The van der Waals surface area contributed by atoms with Crippen molar-refractivity contribution in [3.8, 4) is 12.3 Å². The van der Waals surface area contributed by atoms with Crippen molar-refractivity contribution in [1.29, 1.82) is 0 Å². The van der Waals surface area contributed by atoms with Crippen molar-refractivity contribution < 1.29 is 19.1 Å². The number of benzene rings is 1. The standard InChI is InChI=1S/C25H37N3O4/c1-7-12-20(8-2)26-23(29)21(15-17(3)4)27-24(30)22(18(5)6)28-25(31)32-16-19-13-10-9-11-14-19/h2,9-11,13-14,17-18,20-22H,7,12,15-16H2,1,3-6H3,(H,26,29)(H,27,30)(H,28,31)/t20-,21+,22+/m1/s1. The molecule has 0 heterocycles. The number of nitrogens with one attached hydrogen (secondary N) is 3. The Morgan fingerprint density at radius 3 is 2.19 bits per heavy atom. The van der Waals surface area contributed by atoms with Gasteiger partial charge in [0.25, 0.3) is 0 Å². The summed E-state index contributed by atoms with van der Waals surface area (Å²) in [6, 6.07) is 7.29. The molecular formula is C25H37N3O4. The van der Waals surface area contributed by atoms with E-state index in [1.807, 2.05) is 65.0 Å². The van der Waals surface area contributed by atoms with Gasteiger partial charge in [-0.25, -0.2) is 4.79 Å². The van der Waals surface area contributed by atoms with Crippen LogP contribution in [0.5, 0.6) is 0 Å². The Labute approximate surface area is 192 Å². The highest BCUT2D eigenvalue weighted by Crippen LogP contribution is 2.09. The van der Waals surface area contributed by atoms with Gasteiger partial charge in [0, 0.05) is 0 Å². The summed E-state index contributed by atoms with van der Waals surface area (Å²) in [5.41, 5.74) is 0.844. The highest BCUT2D eigenvalue weighted by molar-refractivity contribution is 5.91. The Hall–Kier alpha value is -3.01. The Bertz CT molecular complexity index is 771. The van der Waals surface area contributed by atoms with Crippen LogP contribution in [0.4, 0.5) is 4.79 Å². The number of ether oxygens (including phenoxy) is 1. The monoisotopic (exact) mass is 443 g/mol. The highest BCUT2D eigenvalue weighted by Gasteiger charge is 2.30. The molecule has 0 aliphatic rings. The van der Waals surface area contributed by atoms with E-state index in [2.05, 4.69) is 21.9 Å². The van der Waals surface area contributed by atoms with Crippen molar-refractivity contribution in [2.75, 3.05) is 0 Å². The van der Waals surface area contributed by atoms with E-state index in [0.717, 1.165) is 12.0 Å². The quantitative estimate of drug-likeness (QED) is 0.432. The summed E-state index contributed by atoms with van der Waals surface area (Å²) >= 11 is 0. The number of terminal acetylenes is 1. The molecule has 1 aromatic rings. The third-order valence-corrected chi connectivity index (χ3v) is 4.87. The first-order valence-electron chi connectivity index (χ1n) is 11.2. The third kappa shape index (κ3) is 9.86. The number of hydrogen-bond acceptors (Lipinski definition) is 4. The number of hydrogen-bond donors (Lipinski definition) is 3. The average Bonchev–Trinajstić information content (AvgIpc) is 2.75. The van der Waals surface area contributed by atoms with E-state index in [9.17, 15) is 14.4 Å². The minimum Gasteiger partial charge on any atom is -0.445 e. The second-order valence-electron chi connectivity index (χ2n) is 8.63.